The molecule has 0 aliphatic carbocycles. The first-order valence-electron chi connectivity index (χ1n) is 5.82. The van der Waals surface area contributed by atoms with Gasteiger partial charge >= 0.3 is 0 Å². The van der Waals surface area contributed by atoms with Crippen molar-refractivity contribution in [3.8, 4) is 0 Å². The Morgan fingerprint density at radius 2 is 2.27 bits per heavy atom. The van der Waals surface area contributed by atoms with Gasteiger partial charge in [-0.3, -0.25) is 0 Å². The van der Waals surface area contributed by atoms with Gasteiger partial charge in [-0.2, -0.15) is 0 Å². The molecule has 2 heteroatoms. The highest BCUT2D eigenvalue weighted by Crippen LogP contribution is 2.17. The third kappa shape index (κ3) is 3.47. The van der Waals surface area contributed by atoms with E-state index < -0.39 is 0 Å². The Labute approximate surface area is 96.2 Å². The number of hydrogen-bond acceptors (Lipinski definition) is 2. The predicted molar refractivity (Wildman–Crippen MR) is 68.3 cm³/mol. The average molecular weight is 221 g/mol. The number of hydrogen-bond donors (Lipinski definition) is 1. The third-order valence-corrected chi connectivity index (χ3v) is 3.82. The van der Waals surface area contributed by atoms with Crippen molar-refractivity contribution < 1.29 is 0 Å². The van der Waals surface area contributed by atoms with Crippen molar-refractivity contribution >= 4 is 17.4 Å². The van der Waals surface area contributed by atoms with Gasteiger partial charge in [-0.1, -0.05) is 18.9 Å². The third-order valence-electron chi connectivity index (χ3n) is 2.85. The second-order valence-corrected chi connectivity index (χ2v) is 5.54. The van der Waals surface area contributed by atoms with Crippen LogP contribution < -0.4 is 5.32 Å². The van der Waals surface area contributed by atoms with Gasteiger partial charge in [0.25, 0.3) is 0 Å². The molecule has 0 amide bonds. The minimum atomic E-state index is 0.593. The van der Waals surface area contributed by atoms with Crippen LogP contribution in [0.15, 0.2) is 18.2 Å². The van der Waals surface area contributed by atoms with E-state index in [1.807, 2.05) is 11.3 Å². The molecule has 2 rings (SSSR count). The van der Waals surface area contributed by atoms with Gasteiger partial charge in [0.1, 0.15) is 0 Å². The number of rotatable bonds is 2. The second-order valence-electron chi connectivity index (χ2n) is 4.22. The molecule has 82 valence electrons. The minimum Gasteiger partial charge on any atom is -0.311 e. The Kier molecular flexibility index (Phi) is 3.98. The number of aryl methyl sites for hydroxylation is 1. The van der Waals surface area contributed by atoms with Crippen LogP contribution in [0.2, 0.25) is 0 Å². The van der Waals surface area contributed by atoms with Crippen LogP contribution in [0.25, 0.3) is 6.08 Å². The van der Waals surface area contributed by atoms with E-state index in [-0.39, 0.29) is 0 Å². The Hall–Kier alpha value is -0.600. The fraction of sp³-hybridized carbons (Fsp3) is 0.538. The van der Waals surface area contributed by atoms with Crippen LogP contribution in [-0.2, 0) is 0 Å². The molecule has 1 aromatic heterocycles. The summed E-state index contributed by atoms with van der Waals surface area (Å²) in [5, 5.41) is 3.58. The van der Waals surface area contributed by atoms with Gasteiger partial charge in [-0.25, -0.2) is 0 Å². The first-order valence-corrected chi connectivity index (χ1v) is 6.64. The van der Waals surface area contributed by atoms with Crippen LogP contribution in [0.3, 0.4) is 0 Å². The molecule has 1 unspecified atom stereocenters. The zero-order chi connectivity index (χ0) is 10.5. The van der Waals surface area contributed by atoms with E-state index in [0.29, 0.717) is 6.04 Å². The lowest BCUT2D eigenvalue weighted by atomic mass is 10.1. The summed E-state index contributed by atoms with van der Waals surface area (Å²) in [5.74, 6) is 0. The number of thiophene rings is 1. The fourth-order valence-electron chi connectivity index (χ4n) is 1.97. The maximum atomic E-state index is 3.58. The molecule has 0 radical (unpaired) electrons. The first kappa shape index (κ1) is 10.9. The molecule has 1 N–H and O–H groups in total. The van der Waals surface area contributed by atoms with Crippen LogP contribution >= 0.6 is 11.3 Å². The summed E-state index contributed by atoms with van der Waals surface area (Å²) >= 11 is 1.87. The highest BCUT2D eigenvalue weighted by Gasteiger charge is 2.07. The van der Waals surface area contributed by atoms with Gasteiger partial charge in [0.05, 0.1) is 0 Å². The molecule has 2 heterocycles. The molecular weight excluding hydrogens is 202 g/mol. The summed E-state index contributed by atoms with van der Waals surface area (Å²) in [6.07, 6.45) is 9.97. The summed E-state index contributed by atoms with van der Waals surface area (Å²) in [4.78, 5) is 2.77. The van der Waals surface area contributed by atoms with Gasteiger partial charge in [0.2, 0.25) is 0 Å². The van der Waals surface area contributed by atoms with Gasteiger partial charge in [0.15, 0.2) is 0 Å². The SMILES string of the molecule is Cc1ccc(/C=C/C2CCCCCN2)s1. The Morgan fingerprint density at radius 3 is 3.07 bits per heavy atom. The largest absolute Gasteiger partial charge is 0.311 e. The van der Waals surface area contributed by atoms with Crippen molar-refractivity contribution in [2.24, 2.45) is 0 Å². The van der Waals surface area contributed by atoms with Gasteiger partial charge in [-0.05, 0) is 44.5 Å². The van der Waals surface area contributed by atoms with Crippen molar-refractivity contribution in [2.75, 3.05) is 6.54 Å². The van der Waals surface area contributed by atoms with Crippen molar-refractivity contribution in [3.05, 3.63) is 28.0 Å². The maximum Gasteiger partial charge on any atom is 0.0270 e. The molecule has 0 saturated carbocycles. The van der Waals surface area contributed by atoms with Crippen molar-refractivity contribution in [1.82, 2.24) is 5.32 Å². The molecule has 1 aliphatic heterocycles. The van der Waals surface area contributed by atoms with E-state index in [0.717, 1.165) is 0 Å². The van der Waals surface area contributed by atoms with Crippen molar-refractivity contribution in [3.63, 3.8) is 0 Å². The Balaban J connectivity index is 1.92. The summed E-state index contributed by atoms with van der Waals surface area (Å²) in [7, 11) is 0. The van der Waals surface area contributed by atoms with E-state index in [1.165, 1.54) is 42.0 Å². The van der Waals surface area contributed by atoms with E-state index in [9.17, 15) is 0 Å². The summed E-state index contributed by atoms with van der Waals surface area (Å²) < 4.78 is 0. The topological polar surface area (TPSA) is 12.0 Å². The lowest BCUT2D eigenvalue weighted by Crippen LogP contribution is -2.25. The van der Waals surface area contributed by atoms with Crippen LogP contribution in [0.4, 0.5) is 0 Å². The van der Waals surface area contributed by atoms with E-state index in [4.69, 9.17) is 0 Å². The Morgan fingerprint density at radius 1 is 1.33 bits per heavy atom. The zero-order valence-corrected chi connectivity index (χ0v) is 10.1. The molecule has 1 aromatic rings. The van der Waals surface area contributed by atoms with Crippen LogP contribution in [-0.4, -0.2) is 12.6 Å². The highest BCUT2D eigenvalue weighted by atomic mass is 32.1. The molecule has 1 aliphatic rings. The molecule has 0 aromatic carbocycles. The van der Waals surface area contributed by atoms with Crippen molar-refractivity contribution in [1.29, 1.82) is 0 Å². The summed E-state index contributed by atoms with van der Waals surface area (Å²) in [5.41, 5.74) is 0. The highest BCUT2D eigenvalue weighted by molar-refractivity contribution is 7.12. The maximum absolute atomic E-state index is 3.58. The Bertz CT molecular complexity index is 319. The number of nitrogens with one attached hydrogen (secondary N) is 1. The van der Waals surface area contributed by atoms with Gasteiger partial charge in [0, 0.05) is 15.8 Å². The normalized spacial score (nSPS) is 23.1. The molecule has 1 saturated heterocycles. The van der Waals surface area contributed by atoms with E-state index in [2.05, 4.69) is 36.5 Å². The van der Waals surface area contributed by atoms with E-state index >= 15 is 0 Å². The standard InChI is InChI=1S/C13H19NS/c1-11-6-8-13(15-11)9-7-12-5-3-2-4-10-14-12/h6-9,12,14H,2-5,10H2,1H3/b9-7+. The van der Waals surface area contributed by atoms with Gasteiger partial charge < -0.3 is 5.32 Å². The summed E-state index contributed by atoms with van der Waals surface area (Å²) in [6.45, 7) is 3.34. The van der Waals surface area contributed by atoms with E-state index in [1.54, 1.807) is 0 Å². The first-order chi connectivity index (χ1) is 7.34. The molecule has 1 atom stereocenters. The zero-order valence-electron chi connectivity index (χ0n) is 9.33. The quantitative estimate of drug-likeness (QED) is 0.804. The van der Waals surface area contributed by atoms with Crippen molar-refractivity contribution in [2.45, 2.75) is 38.6 Å². The predicted octanol–water partition coefficient (Wildman–Crippen LogP) is 3.60. The molecule has 0 bridgehead atoms. The molecule has 0 spiro atoms. The summed E-state index contributed by atoms with van der Waals surface area (Å²) in [6, 6.07) is 4.98. The molecule has 1 fully saturated rings. The lowest BCUT2D eigenvalue weighted by molar-refractivity contribution is 0.599. The minimum absolute atomic E-state index is 0.593. The van der Waals surface area contributed by atoms with Crippen LogP contribution in [0.5, 0.6) is 0 Å². The van der Waals surface area contributed by atoms with Crippen LogP contribution in [0.1, 0.15) is 35.4 Å². The molecule has 1 nitrogen and oxygen atoms in total. The van der Waals surface area contributed by atoms with Crippen LogP contribution in [0, 0.1) is 6.92 Å². The fourth-order valence-corrected chi connectivity index (χ4v) is 2.76. The smallest absolute Gasteiger partial charge is 0.0270 e. The molecule has 15 heavy (non-hydrogen) atoms. The second kappa shape index (κ2) is 5.47. The van der Waals surface area contributed by atoms with Gasteiger partial charge in [-0.15, -0.1) is 11.3 Å². The lowest BCUT2D eigenvalue weighted by Gasteiger charge is -2.09. The molecular formula is C13H19NS. The average Bonchev–Trinajstić information content (AvgIpc) is 2.52. The monoisotopic (exact) mass is 221 g/mol.